The molecule has 1 aromatic heterocycles. The van der Waals surface area contributed by atoms with E-state index >= 15 is 0 Å². The van der Waals surface area contributed by atoms with Crippen molar-refractivity contribution >= 4 is 5.97 Å². The minimum atomic E-state index is -4.42. The van der Waals surface area contributed by atoms with Crippen molar-refractivity contribution in [3.63, 3.8) is 0 Å². The molecular formula is C15H18F3NO3. The van der Waals surface area contributed by atoms with E-state index < -0.39 is 18.8 Å². The monoisotopic (exact) mass is 317 g/mol. The Bertz CT molecular complexity index is 480. The van der Waals surface area contributed by atoms with Gasteiger partial charge in [-0.25, -0.2) is 9.78 Å². The number of nitrogens with zero attached hydrogens (tertiary/aromatic N) is 1. The van der Waals surface area contributed by atoms with Crippen molar-refractivity contribution in [3.8, 4) is 5.88 Å². The summed E-state index contributed by atoms with van der Waals surface area (Å²) < 4.78 is 45.9. The molecule has 1 fully saturated rings. The molecule has 0 atom stereocenters. The highest BCUT2D eigenvalue weighted by molar-refractivity contribution is 5.89. The number of carbonyl (C=O) groups is 1. The van der Waals surface area contributed by atoms with Crippen LogP contribution in [0.5, 0.6) is 5.88 Å². The van der Waals surface area contributed by atoms with E-state index in [4.69, 9.17) is 4.74 Å². The molecule has 1 saturated carbocycles. The van der Waals surface area contributed by atoms with Gasteiger partial charge in [-0.15, -0.1) is 0 Å². The molecule has 4 nitrogen and oxygen atoms in total. The number of halogens is 3. The van der Waals surface area contributed by atoms with E-state index in [2.05, 4.69) is 9.72 Å². The Kier molecular flexibility index (Phi) is 5.63. The largest absolute Gasteiger partial charge is 0.468 e. The number of aromatic nitrogens is 1. The van der Waals surface area contributed by atoms with Crippen LogP contribution in [0.1, 0.15) is 48.9 Å². The fourth-order valence-corrected chi connectivity index (χ4v) is 2.32. The molecule has 122 valence electrons. The quantitative estimate of drug-likeness (QED) is 0.624. The van der Waals surface area contributed by atoms with E-state index in [1.54, 1.807) is 0 Å². The van der Waals surface area contributed by atoms with E-state index in [0.717, 1.165) is 38.5 Å². The number of carbonyl (C=O) groups excluding carboxylic acids is 1. The highest BCUT2D eigenvalue weighted by Gasteiger charge is 2.28. The van der Waals surface area contributed by atoms with Crippen LogP contribution < -0.4 is 4.74 Å². The van der Waals surface area contributed by atoms with Crippen molar-refractivity contribution in [1.29, 1.82) is 0 Å². The van der Waals surface area contributed by atoms with E-state index in [-0.39, 0.29) is 17.5 Å². The van der Waals surface area contributed by atoms with Gasteiger partial charge in [0.1, 0.15) is 6.10 Å². The Labute approximate surface area is 126 Å². The second-order valence-corrected chi connectivity index (χ2v) is 5.31. The van der Waals surface area contributed by atoms with Crippen molar-refractivity contribution in [2.45, 2.75) is 50.8 Å². The van der Waals surface area contributed by atoms with Gasteiger partial charge >= 0.3 is 12.1 Å². The lowest BCUT2D eigenvalue weighted by atomic mass is 10.1. The second-order valence-electron chi connectivity index (χ2n) is 5.31. The standard InChI is InChI=1S/C15H18F3NO3/c16-15(17,18)10-21-13-8-7-11(9-19-13)14(20)22-12-5-3-1-2-4-6-12/h7-9,12H,1-6,10H2. The average Bonchev–Trinajstić information content (AvgIpc) is 2.73. The normalized spacial score (nSPS) is 16.9. The first kappa shape index (κ1) is 16.6. The first-order valence-corrected chi connectivity index (χ1v) is 7.30. The summed E-state index contributed by atoms with van der Waals surface area (Å²) in [5, 5.41) is 0. The van der Waals surface area contributed by atoms with Crippen LogP contribution in [0, 0.1) is 0 Å². The highest BCUT2D eigenvalue weighted by atomic mass is 19.4. The van der Waals surface area contributed by atoms with Gasteiger partial charge in [-0.3, -0.25) is 0 Å². The van der Waals surface area contributed by atoms with Crippen LogP contribution >= 0.6 is 0 Å². The molecule has 0 saturated heterocycles. The minimum absolute atomic E-state index is 0.0869. The molecule has 0 unspecified atom stereocenters. The lowest BCUT2D eigenvalue weighted by Crippen LogP contribution is -2.20. The maximum absolute atomic E-state index is 12.0. The second kappa shape index (κ2) is 7.47. The third-order valence-electron chi connectivity index (χ3n) is 3.43. The summed E-state index contributed by atoms with van der Waals surface area (Å²) in [6.45, 7) is -1.41. The lowest BCUT2D eigenvalue weighted by Gasteiger charge is -2.15. The smallest absolute Gasteiger partial charge is 0.422 e. The number of hydrogen-bond acceptors (Lipinski definition) is 4. The molecule has 22 heavy (non-hydrogen) atoms. The molecule has 1 aliphatic carbocycles. The van der Waals surface area contributed by atoms with Crippen LogP contribution in [-0.4, -0.2) is 29.8 Å². The number of esters is 1. The average molecular weight is 317 g/mol. The van der Waals surface area contributed by atoms with Crippen LogP contribution in [0.3, 0.4) is 0 Å². The Balaban J connectivity index is 1.87. The summed E-state index contributed by atoms with van der Waals surface area (Å²) >= 11 is 0. The zero-order valence-electron chi connectivity index (χ0n) is 12.1. The van der Waals surface area contributed by atoms with Gasteiger partial charge < -0.3 is 9.47 Å². The van der Waals surface area contributed by atoms with Crippen LogP contribution in [0.2, 0.25) is 0 Å². The van der Waals surface area contributed by atoms with Gasteiger partial charge in [0.05, 0.1) is 5.56 Å². The number of pyridine rings is 1. The number of alkyl halides is 3. The Hall–Kier alpha value is -1.79. The van der Waals surface area contributed by atoms with Crippen molar-refractivity contribution in [2.24, 2.45) is 0 Å². The van der Waals surface area contributed by atoms with Gasteiger partial charge in [-0.2, -0.15) is 13.2 Å². The molecule has 7 heteroatoms. The predicted molar refractivity (Wildman–Crippen MR) is 72.7 cm³/mol. The Morgan fingerprint density at radius 1 is 1.18 bits per heavy atom. The van der Waals surface area contributed by atoms with Gasteiger partial charge in [-0.1, -0.05) is 12.8 Å². The maximum Gasteiger partial charge on any atom is 0.422 e. The zero-order valence-corrected chi connectivity index (χ0v) is 12.1. The summed E-state index contributed by atoms with van der Waals surface area (Å²) in [6, 6.07) is 2.59. The number of hydrogen-bond donors (Lipinski definition) is 0. The molecule has 1 heterocycles. The molecule has 0 aromatic carbocycles. The first-order chi connectivity index (χ1) is 10.4. The summed E-state index contributed by atoms with van der Waals surface area (Å²) in [4.78, 5) is 15.7. The highest BCUT2D eigenvalue weighted by Crippen LogP contribution is 2.21. The number of ether oxygens (including phenoxy) is 2. The van der Waals surface area contributed by atoms with Gasteiger partial charge in [-0.05, 0) is 31.7 Å². The first-order valence-electron chi connectivity index (χ1n) is 7.30. The molecule has 1 aromatic rings. The lowest BCUT2D eigenvalue weighted by molar-refractivity contribution is -0.154. The van der Waals surface area contributed by atoms with E-state index in [0.29, 0.717) is 0 Å². The molecule has 0 N–H and O–H groups in total. The van der Waals surface area contributed by atoms with Crippen LogP contribution in [-0.2, 0) is 4.74 Å². The van der Waals surface area contributed by atoms with E-state index in [1.807, 2.05) is 0 Å². The molecule has 0 bridgehead atoms. The van der Waals surface area contributed by atoms with Gasteiger partial charge in [0.25, 0.3) is 0 Å². The maximum atomic E-state index is 12.0. The molecular weight excluding hydrogens is 299 g/mol. The van der Waals surface area contributed by atoms with Crippen LogP contribution in [0.15, 0.2) is 18.3 Å². The molecule has 0 amide bonds. The molecule has 2 rings (SSSR count). The third kappa shape index (κ3) is 5.54. The fraction of sp³-hybridized carbons (Fsp3) is 0.600. The molecule has 0 spiro atoms. The number of rotatable bonds is 4. The van der Waals surface area contributed by atoms with Crippen LogP contribution in [0.4, 0.5) is 13.2 Å². The topological polar surface area (TPSA) is 48.4 Å². The third-order valence-corrected chi connectivity index (χ3v) is 3.43. The summed E-state index contributed by atoms with van der Waals surface area (Å²) in [5.74, 6) is -0.676. The van der Waals surface area contributed by atoms with E-state index in [9.17, 15) is 18.0 Å². The minimum Gasteiger partial charge on any atom is -0.468 e. The summed E-state index contributed by atoms with van der Waals surface area (Å²) in [5.41, 5.74) is 0.212. The molecule has 0 aliphatic heterocycles. The Morgan fingerprint density at radius 3 is 2.41 bits per heavy atom. The van der Waals surface area contributed by atoms with Crippen LogP contribution in [0.25, 0.3) is 0 Å². The Morgan fingerprint density at radius 2 is 1.86 bits per heavy atom. The van der Waals surface area contributed by atoms with E-state index in [1.165, 1.54) is 18.3 Å². The summed E-state index contributed by atoms with van der Waals surface area (Å²) in [7, 11) is 0. The molecule has 1 aliphatic rings. The predicted octanol–water partition coefficient (Wildman–Crippen LogP) is 3.90. The summed E-state index contributed by atoms with van der Waals surface area (Å²) in [6.07, 6.45) is 2.76. The van der Waals surface area contributed by atoms with Crippen molar-refractivity contribution in [1.82, 2.24) is 4.98 Å². The zero-order chi connectivity index (χ0) is 16.0. The van der Waals surface area contributed by atoms with Gasteiger partial charge in [0.2, 0.25) is 5.88 Å². The van der Waals surface area contributed by atoms with Crippen molar-refractivity contribution < 1.29 is 27.4 Å². The SMILES string of the molecule is O=C(OC1CCCCCC1)c1ccc(OCC(F)(F)F)nc1. The van der Waals surface area contributed by atoms with Gasteiger partial charge in [0, 0.05) is 12.3 Å². The van der Waals surface area contributed by atoms with Crippen molar-refractivity contribution in [2.75, 3.05) is 6.61 Å². The fourth-order valence-electron chi connectivity index (χ4n) is 2.32. The molecule has 0 radical (unpaired) electrons. The van der Waals surface area contributed by atoms with Crippen molar-refractivity contribution in [3.05, 3.63) is 23.9 Å². The van der Waals surface area contributed by atoms with Gasteiger partial charge in [0.15, 0.2) is 6.61 Å².